The van der Waals surface area contributed by atoms with Crippen LogP contribution in [0.1, 0.15) is 0 Å². The van der Waals surface area contributed by atoms with Crippen LogP contribution in [0.4, 0.5) is 38.7 Å². The Balaban J connectivity index is -0.000000239. The molecule has 21 heavy (non-hydrogen) atoms. The predicted octanol–water partition coefficient (Wildman–Crippen LogP) is 2.47. The molecule has 0 aromatic carbocycles. The van der Waals surface area contributed by atoms with Crippen LogP contribution in [0.15, 0.2) is 0 Å². The van der Waals surface area contributed by atoms with Crippen LogP contribution >= 0.6 is 0 Å². The number of alkyl halides is 6. The van der Waals surface area contributed by atoms with Crippen LogP contribution in [-0.4, -0.2) is 37.0 Å². The van der Waals surface area contributed by atoms with E-state index in [1.165, 1.54) is 0 Å². The van der Waals surface area contributed by atoms with E-state index in [1.54, 1.807) is 0 Å². The number of hydrogen-bond acceptors (Lipinski definition) is 4. The van der Waals surface area contributed by atoms with Crippen molar-refractivity contribution in [3.8, 4) is 0 Å². The molecule has 132 valence electrons. The minimum atomic E-state index is -7.00. The summed E-state index contributed by atoms with van der Waals surface area (Å²) in [6.45, 7) is 0. The number of halogens is 10. The first-order valence-corrected chi connectivity index (χ1v) is 8.57. The summed E-state index contributed by atoms with van der Waals surface area (Å²) in [7, 11) is -11.7. The molecule has 6 nitrogen and oxygen atoms in total. The summed E-state index contributed by atoms with van der Waals surface area (Å²) in [4.78, 5) is 0. The summed E-state index contributed by atoms with van der Waals surface area (Å²) in [6, 6.07) is 0. The predicted molar refractivity (Wildman–Crippen MR) is 39.6 cm³/mol. The van der Waals surface area contributed by atoms with Crippen molar-refractivity contribution >= 4 is 20.2 Å². The van der Waals surface area contributed by atoms with E-state index in [9.17, 15) is 38.7 Å². The first-order chi connectivity index (χ1) is 8.50. The van der Waals surface area contributed by atoms with Gasteiger partial charge in [-0.05, 0) is 0 Å². The zero-order valence-corrected chi connectivity index (χ0v) is 11.8. The molecule has 0 saturated carbocycles. The molecule has 0 aromatic rings. The van der Waals surface area contributed by atoms with Gasteiger partial charge in [0.05, 0.1) is 0 Å². The van der Waals surface area contributed by atoms with Crippen molar-refractivity contribution in [3.63, 3.8) is 0 Å². The van der Waals surface area contributed by atoms with E-state index in [1.807, 2.05) is 0 Å². The van der Waals surface area contributed by atoms with Crippen LogP contribution in [-0.2, 0) is 39.0 Å². The van der Waals surface area contributed by atoms with Crippen molar-refractivity contribution in [1.29, 1.82) is 0 Å². The van der Waals surface area contributed by atoms with E-state index in [0.29, 0.717) is 0 Å². The van der Waals surface area contributed by atoms with Crippen molar-refractivity contribution in [1.82, 2.24) is 0 Å². The van der Waals surface area contributed by atoms with Crippen LogP contribution < -0.4 is 0 Å². The van der Waals surface area contributed by atoms with Gasteiger partial charge in [-0.3, -0.25) is 9.11 Å². The molecule has 0 aliphatic heterocycles. The van der Waals surface area contributed by atoms with Gasteiger partial charge in [0.2, 0.25) is 0 Å². The third kappa shape index (κ3) is 19.8. The van der Waals surface area contributed by atoms with Gasteiger partial charge in [-0.1, -0.05) is 0 Å². The Bertz CT molecular complexity index is 447. The van der Waals surface area contributed by atoms with Gasteiger partial charge in [0, 0.05) is 0 Å². The van der Waals surface area contributed by atoms with E-state index >= 15 is 0 Å². The first-order valence-electron chi connectivity index (χ1n) is 3.33. The fourth-order valence-corrected chi connectivity index (χ4v) is 0. The van der Waals surface area contributed by atoms with E-state index in [2.05, 4.69) is 0 Å². The zero-order valence-electron chi connectivity index (χ0n) is 8.62. The molecule has 19 heteroatoms. The third-order valence-corrected chi connectivity index (χ3v) is 1.75. The summed E-state index contributed by atoms with van der Waals surface area (Å²) in [5.41, 5.74) is -11.1. The summed E-state index contributed by atoms with van der Waals surface area (Å²) in [6.07, 6.45) is 0. The molecule has 0 aliphatic rings. The monoisotopic (exact) mass is 424 g/mol. The van der Waals surface area contributed by atoms with Crippen molar-refractivity contribution < 1.29 is 83.4 Å². The molecule has 0 saturated heterocycles. The van der Waals surface area contributed by atoms with Crippen LogP contribution in [0, 0.1) is 0 Å². The van der Waals surface area contributed by atoms with Crippen LogP contribution in [0.5, 0.6) is 0 Å². The van der Waals surface area contributed by atoms with E-state index in [4.69, 9.17) is 25.9 Å². The molecule has 0 fully saturated rings. The number of rotatable bonds is 0. The second-order valence-electron chi connectivity index (χ2n) is 2.27. The quantitative estimate of drug-likeness (QED) is 0.268. The first kappa shape index (κ1) is 25.8. The maximum absolute atomic E-state index is 10.7. The van der Waals surface area contributed by atoms with Gasteiger partial charge in [-0.2, -0.15) is 43.2 Å². The van der Waals surface area contributed by atoms with Gasteiger partial charge >= 0.3 is 62.4 Å². The maximum atomic E-state index is 10.7. The normalized spacial score (nSPS) is 13.5. The summed E-state index contributed by atoms with van der Waals surface area (Å²) >= 11 is -7.00. The molecule has 0 atom stereocenters. The summed E-state index contributed by atoms with van der Waals surface area (Å²) in [5, 5.41) is 0. The fraction of sp³-hybridized carbons (Fsp3) is 1.00. The van der Waals surface area contributed by atoms with Gasteiger partial charge in [0.25, 0.3) is 0 Å². The van der Waals surface area contributed by atoms with Crippen molar-refractivity contribution in [3.05, 3.63) is 0 Å². The van der Waals surface area contributed by atoms with E-state index in [0.717, 1.165) is 0 Å². The topological polar surface area (TPSA) is 109 Å². The Morgan fingerprint density at radius 2 is 0.667 bits per heavy atom. The Hall–Kier alpha value is -0.166. The Labute approximate surface area is 115 Å². The molecular weight excluding hydrogens is 422 g/mol. The molecule has 0 spiro atoms. The molecule has 0 aromatic heterocycles. The van der Waals surface area contributed by atoms with E-state index < -0.39 is 50.0 Å². The van der Waals surface area contributed by atoms with Crippen LogP contribution in [0.3, 0.4) is 0 Å². The van der Waals surface area contributed by atoms with Crippen molar-refractivity contribution in [2.45, 2.75) is 11.0 Å². The molecule has 0 aliphatic carbocycles. The Morgan fingerprint density at radius 1 is 0.619 bits per heavy atom. The van der Waals surface area contributed by atoms with Crippen molar-refractivity contribution in [2.24, 2.45) is 0 Å². The average Bonchev–Trinajstić information content (AvgIpc) is 1.91. The number of hydrogen-bond donors (Lipinski definition) is 2. The van der Waals surface area contributed by atoms with Crippen molar-refractivity contribution in [2.75, 3.05) is 0 Å². The standard InChI is InChI=1S/2CHF3O3S.4FH.Ti/c2*2-1(3,4)8(5,6)7;;;;;/h2*(H,5,6,7);4*1H;/q;;;;;;+4/p-4. The molecular formula is C2H2F10O6S2Ti. The molecule has 0 amide bonds. The molecule has 0 bridgehead atoms. The average molecular weight is 424 g/mol. The van der Waals surface area contributed by atoms with Gasteiger partial charge < -0.3 is 0 Å². The molecule has 0 heterocycles. The fourth-order valence-electron chi connectivity index (χ4n) is 0. The van der Waals surface area contributed by atoms with Gasteiger partial charge in [-0.25, -0.2) is 0 Å². The van der Waals surface area contributed by atoms with Gasteiger partial charge in [0.15, 0.2) is 0 Å². The molecule has 0 unspecified atom stereocenters. The summed E-state index contributed by atoms with van der Waals surface area (Å²) < 4.78 is 155. The second kappa shape index (κ2) is 7.90. The molecule has 0 radical (unpaired) electrons. The Kier molecular flexibility index (Phi) is 9.70. The van der Waals surface area contributed by atoms with E-state index in [-0.39, 0.29) is 0 Å². The Morgan fingerprint density at radius 3 is 0.667 bits per heavy atom. The minimum absolute atomic E-state index is 5.53. The second-order valence-corrected chi connectivity index (χ2v) is 6.43. The molecule has 0 rings (SSSR count). The SMILES string of the molecule is O=S(=O)(O)C(F)(F)F.O=S(=O)(O)C(F)(F)F.[F][Ti]([F])([F])[F]. The summed E-state index contributed by atoms with van der Waals surface area (Å²) in [5.74, 6) is 0. The van der Waals surface area contributed by atoms with Gasteiger partial charge in [-0.15, -0.1) is 0 Å². The zero-order chi connectivity index (χ0) is 18.5. The molecule has 2 N–H and O–H groups in total. The van der Waals surface area contributed by atoms with Crippen LogP contribution in [0.25, 0.3) is 0 Å². The van der Waals surface area contributed by atoms with Gasteiger partial charge in [0.1, 0.15) is 0 Å². The van der Waals surface area contributed by atoms with Crippen LogP contribution in [0.2, 0.25) is 0 Å². The third-order valence-electron chi connectivity index (χ3n) is 0.585.